The number of amides is 1. The molecule has 0 unspecified atom stereocenters. The molecule has 2 N–H and O–H groups in total. The van der Waals surface area contributed by atoms with E-state index in [2.05, 4.69) is 5.32 Å². The molecule has 1 aromatic rings. The zero-order valence-corrected chi connectivity index (χ0v) is 14.7. The Morgan fingerprint density at radius 2 is 1.62 bits per heavy atom. The Bertz CT molecular complexity index is 701. The minimum absolute atomic E-state index is 0.0350. The van der Waals surface area contributed by atoms with E-state index in [1.165, 1.54) is 24.3 Å². The quantitative estimate of drug-likeness (QED) is 0.845. The molecule has 24 heavy (non-hydrogen) atoms. The molecule has 1 saturated carbocycles. The van der Waals surface area contributed by atoms with Gasteiger partial charge in [-0.05, 0) is 63.8 Å². The molecule has 132 valence electrons. The number of sulfone groups is 1. The van der Waals surface area contributed by atoms with Crippen LogP contribution in [-0.4, -0.2) is 36.7 Å². The summed E-state index contributed by atoms with van der Waals surface area (Å²) in [6.07, 6.45) is 2.41. The summed E-state index contributed by atoms with van der Waals surface area (Å²) in [7, 11) is -3.35. The van der Waals surface area contributed by atoms with Crippen LogP contribution in [-0.2, 0) is 14.6 Å². The predicted molar refractivity (Wildman–Crippen MR) is 89.6 cm³/mol. The van der Waals surface area contributed by atoms with Crippen LogP contribution in [0.4, 0.5) is 0 Å². The first-order chi connectivity index (χ1) is 11.2. The lowest BCUT2D eigenvalue weighted by Crippen LogP contribution is -2.38. The Kier molecular flexibility index (Phi) is 5.64. The molecule has 0 bridgehead atoms. The van der Waals surface area contributed by atoms with E-state index in [0.29, 0.717) is 31.2 Å². The topological polar surface area (TPSA) is 101 Å². The molecule has 0 radical (unpaired) electrons. The highest BCUT2D eigenvalue weighted by molar-refractivity contribution is 7.92. The monoisotopic (exact) mass is 353 g/mol. The maximum atomic E-state index is 12.2. The van der Waals surface area contributed by atoms with Crippen LogP contribution in [0.2, 0.25) is 0 Å². The number of carboxylic acids is 1. The van der Waals surface area contributed by atoms with Crippen LogP contribution in [0.15, 0.2) is 29.2 Å². The van der Waals surface area contributed by atoms with E-state index >= 15 is 0 Å². The smallest absolute Gasteiger partial charge is 0.306 e. The van der Waals surface area contributed by atoms with Crippen molar-refractivity contribution in [3.8, 4) is 0 Å². The standard InChI is InChI=1S/C17H23NO5S/c1-11(2)24(22,23)15-9-5-12(6-10-15)16(19)18-14-7-3-13(4-8-14)17(20)21/h5-6,9-11,13-14H,3-4,7-8H2,1-2H3,(H,18,19)(H,20,21). The maximum Gasteiger partial charge on any atom is 0.306 e. The van der Waals surface area contributed by atoms with Gasteiger partial charge in [-0.15, -0.1) is 0 Å². The largest absolute Gasteiger partial charge is 0.481 e. The molecule has 1 aliphatic carbocycles. The third kappa shape index (κ3) is 4.14. The number of aliphatic carboxylic acids is 1. The third-order valence-electron chi connectivity index (χ3n) is 4.48. The Hall–Kier alpha value is -1.89. The lowest BCUT2D eigenvalue weighted by Gasteiger charge is -2.26. The maximum absolute atomic E-state index is 12.2. The predicted octanol–water partition coefficient (Wildman–Crippen LogP) is 2.24. The summed E-state index contributed by atoms with van der Waals surface area (Å²) >= 11 is 0. The molecule has 0 heterocycles. The number of rotatable bonds is 5. The van der Waals surface area contributed by atoms with Gasteiger partial charge >= 0.3 is 5.97 Å². The van der Waals surface area contributed by atoms with E-state index < -0.39 is 21.1 Å². The van der Waals surface area contributed by atoms with Crippen molar-refractivity contribution in [3.63, 3.8) is 0 Å². The van der Waals surface area contributed by atoms with E-state index in [-0.39, 0.29) is 22.8 Å². The van der Waals surface area contributed by atoms with Crippen LogP contribution in [0, 0.1) is 5.92 Å². The van der Waals surface area contributed by atoms with Crippen LogP contribution >= 0.6 is 0 Å². The van der Waals surface area contributed by atoms with E-state index in [0.717, 1.165) is 0 Å². The fraction of sp³-hybridized carbons (Fsp3) is 0.529. The SMILES string of the molecule is CC(C)S(=O)(=O)c1ccc(C(=O)NC2CCC(C(=O)O)CC2)cc1. The Morgan fingerprint density at radius 1 is 1.08 bits per heavy atom. The van der Waals surface area contributed by atoms with Crippen molar-refractivity contribution in [2.24, 2.45) is 5.92 Å². The number of hydrogen-bond donors (Lipinski definition) is 2. The number of carbonyl (C=O) groups excluding carboxylic acids is 1. The van der Waals surface area contributed by atoms with Gasteiger partial charge in [-0.1, -0.05) is 0 Å². The van der Waals surface area contributed by atoms with Crippen molar-refractivity contribution in [1.82, 2.24) is 5.32 Å². The fourth-order valence-corrected chi connectivity index (χ4v) is 3.88. The minimum atomic E-state index is -3.35. The van der Waals surface area contributed by atoms with Crippen LogP contribution in [0.5, 0.6) is 0 Å². The lowest BCUT2D eigenvalue weighted by atomic mass is 9.86. The Morgan fingerprint density at radius 3 is 2.08 bits per heavy atom. The molecule has 0 aliphatic heterocycles. The number of carboxylic acid groups (broad SMARTS) is 1. The summed E-state index contributed by atoms with van der Waals surface area (Å²) in [4.78, 5) is 23.4. The molecule has 1 aromatic carbocycles. The van der Waals surface area contributed by atoms with Gasteiger partial charge in [0.25, 0.3) is 5.91 Å². The zero-order valence-electron chi connectivity index (χ0n) is 13.9. The van der Waals surface area contributed by atoms with Crippen molar-refractivity contribution in [2.75, 3.05) is 0 Å². The normalized spacial score (nSPS) is 21.5. The summed E-state index contributed by atoms with van der Waals surface area (Å²) in [6.45, 7) is 3.23. The molecule has 1 amide bonds. The molecule has 0 aromatic heterocycles. The Labute approximate surface area is 142 Å². The van der Waals surface area contributed by atoms with Crippen LogP contribution in [0.25, 0.3) is 0 Å². The van der Waals surface area contributed by atoms with Gasteiger partial charge in [0.15, 0.2) is 9.84 Å². The molecule has 2 rings (SSSR count). The first kappa shape index (κ1) is 18.4. The highest BCUT2D eigenvalue weighted by atomic mass is 32.2. The van der Waals surface area contributed by atoms with Gasteiger partial charge in [-0.25, -0.2) is 8.42 Å². The summed E-state index contributed by atoms with van der Waals surface area (Å²) in [5.41, 5.74) is 0.401. The van der Waals surface area contributed by atoms with Gasteiger partial charge in [-0.2, -0.15) is 0 Å². The van der Waals surface area contributed by atoms with Crippen LogP contribution in [0.1, 0.15) is 49.9 Å². The zero-order chi connectivity index (χ0) is 17.9. The molecular formula is C17H23NO5S. The van der Waals surface area contributed by atoms with E-state index in [1.54, 1.807) is 13.8 Å². The van der Waals surface area contributed by atoms with Gasteiger partial charge in [0.2, 0.25) is 0 Å². The van der Waals surface area contributed by atoms with Gasteiger partial charge in [-0.3, -0.25) is 9.59 Å². The third-order valence-corrected chi connectivity index (χ3v) is 6.65. The summed E-state index contributed by atoms with van der Waals surface area (Å²) in [5, 5.41) is 11.4. The fourth-order valence-electron chi connectivity index (χ4n) is 2.82. The van der Waals surface area contributed by atoms with E-state index in [4.69, 9.17) is 5.11 Å². The highest BCUT2D eigenvalue weighted by Gasteiger charge is 2.27. The molecule has 0 spiro atoms. The van der Waals surface area contributed by atoms with E-state index in [1.807, 2.05) is 0 Å². The number of nitrogens with one attached hydrogen (secondary N) is 1. The summed E-state index contributed by atoms with van der Waals surface area (Å²) in [5.74, 6) is -1.36. The number of hydrogen-bond acceptors (Lipinski definition) is 4. The molecule has 6 nitrogen and oxygen atoms in total. The van der Waals surface area contributed by atoms with Crippen molar-refractivity contribution in [2.45, 2.75) is 55.7 Å². The molecule has 1 aliphatic rings. The van der Waals surface area contributed by atoms with Crippen LogP contribution < -0.4 is 5.32 Å². The van der Waals surface area contributed by atoms with Gasteiger partial charge in [0.05, 0.1) is 16.1 Å². The Balaban J connectivity index is 1.98. The molecule has 0 saturated heterocycles. The lowest BCUT2D eigenvalue weighted by molar-refractivity contribution is -0.142. The molecular weight excluding hydrogens is 330 g/mol. The van der Waals surface area contributed by atoms with Crippen molar-refractivity contribution in [1.29, 1.82) is 0 Å². The van der Waals surface area contributed by atoms with Gasteiger partial charge < -0.3 is 10.4 Å². The number of carbonyl (C=O) groups is 2. The molecule has 7 heteroatoms. The summed E-state index contributed by atoms with van der Waals surface area (Å²) in [6, 6.07) is 5.88. The first-order valence-electron chi connectivity index (χ1n) is 8.09. The van der Waals surface area contributed by atoms with Crippen molar-refractivity contribution >= 4 is 21.7 Å². The second-order valence-electron chi connectivity index (χ2n) is 6.48. The average Bonchev–Trinajstić information content (AvgIpc) is 2.55. The molecule has 1 fully saturated rings. The minimum Gasteiger partial charge on any atom is -0.481 e. The summed E-state index contributed by atoms with van der Waals surface area (Å²) < 4.78 is 24.1. The second kappa shape index (κ2) is 7.34. The first-order valence-corrected chi connectivity index (χ1v) is 9.64. The van der Waals surface area contributed by atoms with E-state index in [9.17, 15) is 18.0 Å². The van der Waals surface area contributed by atoms with Gasteiger partial charge in [0, 0.05) is 11.6 Å². The highest BCUT2D eigenvalue weighted by Crippen LogP contribution is 2.24. The second-order valence-corrected chi connectivity index (χ2v) is 8.98. The van der Waals surface area contributed by atoms with Crippen molar-refractivity contribution in [3.05, 3.63) is 29.8 Å². The average molecular weight is 353 g/mol. The van der Waals surface area contributed by atoms with Crippen molar-refractivity contribution < 1.29 is 23.1 Å². The van der Waals surface area contributed by atoms with Gasteiger partial charge in [0.1, 0.15) is 0 Å². The number of benzene rings is 1. The molecule has 0 atom stereocenters. The van der Waals surface area contributed by atoms with Crippen LogP contribution in [0.3, 0.4) is 0 Å².